The van der Waals surface area contributed by atoms with E-state index in [-0.39, 0.29) is 11.7 Å². The van der Waals surface area contributed by atoms with Crippen molar-refractivity contribution in [3.8, 4) is 21.8 Å². The van der Waals surface area contributed by atoms with Gasteiger partial charge in [-0.1, -0.05) is 12.1 Å². The molecule has 1 amide bonds. The van der Waals surface area contributed by atoms with Gasteiger partial charge in [0.15, 0.2) is 18.0 Å². The van der Waals surface area contributed by atoms with Crippen LogP contribution in [0.15, 0.2) is 59.7 Å². The number of aryl methyl sites for hydroxylation is 1. The molecule has 0 unspecified atom stereocenters. The molecule has 5 heterocycles. The van der Waals surface area contributed by atoms with Crippen molar-refractivity contribution in [1.82, 2.24) is 19.9 Å². The highest BCUT2D eigenvalue weighted by Crippen LogP contribution is 2.40. The molecular weight excluding hydrogens is 488 g/mol. The Kier molecular flexibility index (Phi) is 6.11. The Morgan fingerprint density at radius 1 is 1.08 bits per heavy atom. The fourth-order valence-corrected chi connectivity index (χ4v) is 5.61. The van der Waals surface area contributed by atoms with Gasteiger partial charge in [-0.2, -0.15) is 0 Å². The van der Waals surface area contributed by atoms with Gasteiger partial charge in [-0.05, 0) is 43.2 Å². The second-order valence-corrected chi connectivity index (χ2v) is 9.84. The summed E-state index contributed by atoms with van der Waals surface area (Å²) in [5.41, 5.74) is 5.38. The fourth-order valence-electron chi connectivity index (χ4n) is 4.51. The number of nitrogens with one attached hydrogen (secondary N) is 1. The largest absolute Gasteiger partial charge is 0.438 e. The van der Waals surface area contributed by atoms with Gasteiger partial charge in [0.1, 0.15) is 0 Å². The van der Waals surface area contributed by atoms with E-state index in [4.69, 9.17) is 19.1 Å². The van der Waals surface area contributed by atoms with E-state index in [1.54, 1.807) is 17.5 Å². The summed E-state index contributed by atoms with van der Waals surface area (Å²) < 4.78 is 11.8. The molecule has 0 saturated carbocycles. The molecule has 186 valence electrons. The molecule has 0 aliphatic carbocycles. The summed E-state index contributed by atoms with van der Waals surface area (Å²) in [6.45, 7) is 6.83. The summed E-state index contributed by atoms with van der Waals surface area (Å²) in [7, 11) is 0. The van der Waals surface area contributed by atoms with Crippen molar-refractivity contribution in [1.29, 1.82) is 0 Å². The van der Waals surface area contributed by atoms with Gasteiger partial charge in [-0.3, -0.25) is 9.78 Å². The first kappa shape index (κ1) is 23.3. The van der Waals surface area contributed by atoms with Gasteiger partial charge < -0.3 is 19.4 Å². The number of hydrogen-bond acceptors (Lipinski definition) is 9. The maximum absolute atomic E-state index is 12.6. The van der Waals surface area contributed by atoms with E-state index in [9.17, 15) is 4.79 Å². The Hall–Kier alpha value is -4.15. The molecule has 0 bridgehead atoms. The third-order valence-corrected chi connectivity index (χ3v) is 7.58. The average molecular weight is 513 g/mol. The van der Waals surface area contributed by atoms with Crippen LogP contribution in [0.4, 0.5) is 11.5 Å². The van der Waals surface area contributed by atoms with Crippen LogP contribution in [0.3, 0.4) is 0 Å². The van der Waals surface area contributed by atoms with Crippen molar-refractivity contribution < 1.29 is 13.9 Å². The summed E-state index contributed by atoms with van der Waals surface area (Å²) in [5, 5.41) is 2.93. The number of oxazole rings is 1. The smallest absolute Gasteiger partial charge is 0.293 e. The first-order chi connectivity index (χ1) is 18.1. The first-order valence-corrected chi connectivity index (χ1v) is 12.8. The molecule has 1 fully saturated rings. The molecule has 6 rings (SSSR count). The number of thiophene rings is 1. The number of carbonyl (C=O) groups is 1. The Balaban J connectivity index is 1.48. The quantitative estimate of drug-likeness (QED) is 0.346. The maximum Gasteiger partial charge on any atom is 0.293 e. The number of hydrogen-bond donors (Lipinski definition) is 1. The van der Waals surface area contributed by atoms with Crippen LogP contribution in [0.25, 0.3) is 32.0 Å². The van der Waals surface area contributed by atoms with Crippen molar-refractivity contribution in [2.75, 3.05) is 36.5 Å². The molecule has 1 N–H and O–H groups in total. The van der Waals surface area contributed by atoms with Crippen LogP contribution in [0.1, 0.15) is 21.7 Å². The summed E-state index contributed by atoms with van der Waals surface area (Å²) in [6, 6.07) is 9.94. The van der Waals surface area contributed by atoms with Crippen LogP contribution in [-0.4, -0.2) is 52.1 Å². The van der Waals surface area contributed by atoms with E-state index in [0.29, 0.717) is 24.7 Å². The zero-order valence-electron chi connectivity index (χ0n) is 20.4. The molecule has 1 aliphatic heterocycles. The molecule has 9 nitrogen and oxygen atoms in total. The molecule has 4 aromatic heterocycles. The van der Waals surface area contributed by atoms with Crippen LogP contribution >= 0.6 is 11.3 Å². The normalized spacial score (nSPS) is 13.7. The topological polar surface area (TPSA) is 106 Å². The Morgan fingerprint density at radius 2 is 1.95 bits per heavy atom. The van der Waals surface area contributed by atoms with Crippen LogP contribution < -0.4 is 10.2 Å². The highest BCUT2D eigenvalue weighted by atomic mass is 32.1. The lowest BCUT2D eigenvalue weighted by molar-refractivity contribution is 0.0996. The van der Waals surface area contributed by atoms with Crippen LogP contribution in [0.5, 0.6) is 0 Å². The van der Waals surface area contributed by atoms with Crippen molar-refractivity contribution in [2.24, 2.45) is 0 Å². The van der Waals surface area contributed by atoms with Gasteiger partial charge in [0.05, 0.1) is 29.6 Å². The molecule has 0 radical (unpaired) electrons. The van der Waals surface area contributed by atoms with Gasteiger partial charge in [0.25, 0.3) is 5.91 Å². The summed E-state index contributed by atoms with van der Waals surface area (Å²) in [5.74, 6) is 1.31. The number of morpholine rings is 1. The lowest BCUT2D eigenvalue weighted by Gasteiger charge is -2.28. The van der Waals surface area contributed by atoms with Gasteiger partial charge in [0.2, 0.25) is 5.76 Å². The van der Waals surface area contributed by atoms with Crippen molar-refractivity contribution >= 4 is 39.0 Å². The number of fused-ring (bicyclic) bond motifs is 1. The van der Waals surface area contributed by atoms with Crippen molar-refractivity contribution in [2.45, 2.75) is 13.8 Å². The lowest BCUT2D eigenvalue weighted by atomic mass is 10.00. The zero-order valence-corrected chi connectivity index (χ0v) is 21.2. The van der Waals surface area contributed by atoms with Crippen molar-refractivity contribution in [3.05, 3.63) is 72.2 Å². The number of pyridine rings is 1. The number of amides is 1. The second kappa shape index (κ2) is 9.72. The van der Waals surface area contributed by atoms with E-state index >= 15 is 0 Å². The van der Waals surface area contributed by atoms with Gasteiger partial charge in [-0.25, -0.2) is 15.0 Å². The number of carbonyl (C=O) groups excluding carboxylic acids is 1. The minimum Gasteiger partial charge on any atom is -0.438 e. The molecule has 10 heteroatoms. The highest BCUT2D eigenvalue weighted by Gasteiger charge is 2.23. The SMILES string of the molecule is Cc1ccc(NC(=O)c2cnco2)c(C)c1-c1nc(N2CCOCC2)c2sc(-c3cccnc3)cc2n1. The number of anilines is 2. The number of aromatic nitrogens is 4. The minimum atomic E-state index is -0.361. The van der Waals surface area contributed by atoms with E-state index in [1.807, 2.05) is 38.2 Å². The summed E-state index contributed by atoms with van der Waals surface area (Å²) in [4.78, 5) is 34.2. The number of rotatable bonds is 5. The number of ether oxygens (including phenoxy) is 1. The minimum absolute atomic E-state index is 0.148. The van der Waals surface area contributed by atoms with E-state index < -0.39 is 0 Å². The molecule has 0 spiro atoms. The van der Waals surface area contributed by atoms with E-state index in [0.717, 1.165) is 56.3 Å². The van der Waals surface area contributed by atoms with E-state index in [1.165, 1.54) is 12.6 Å². The molecule has 1 aliphatic rings. The predicted molar refractivity (Wildman–Crippen MR) is 143 cm³/mol. The lowest BCUT2D eigenvalue weighted by Crippen LogP contribution is -2.36. The third kappa shape index (κ3) is 4.45. The molecule has 37 heavy (non-hydrogen) atoms. The molecule has 0 atom stereocenters. The molecular formula is C27H24N6O3S. The summed E-state index contributed by atoms with van der Waals surface area (Å²) in [6.07, 6.45) is 6.26. The van der Waals surface area contributed by atoms with Crippen LogP contribution in [0.2, 0.25) is 0 Å². The van der Waals surface area contributed by atoms with Gasteiger partial charge >= 0.3 is 0 Å². The maximum atomic E-state index is 12.6. The summed E-state index contributed by atoms with van der Waals surface area (Å²) >= 11 is 1.67. The molecule has 1 saturated heterocycles. The van der Waals surface area contributed by atoms with E-state index in [2.05, 4.69) is 32.3 Å². The highest BCUT2D eigenvalue weighted by molar-refractivity contribution is 7.22. The second-order valence-electron chi connectivity index (χ2n) is 8.79. The molecule has 1 aromatic carbocycles. The molecule has 5 aromatic rings. The van der Waals surface area contributed by atoms with Gasteiger partial charge in [0, 0.05) is 47.2 Å². The number of benzene rings is 1. The number of nitrogens with zero attached hydrogens (tertiary/aromatic N) is 5. The van der Waals surface area contributed by atoms with Crippen LogP contribution in [-0.2, 0) is 4.74 Å². The average Bonchev–Trinajstić information content (AvgIpc) is 3.62. The monoisotopic (exact) mass is 512 g/mol. The van der Waals surface area contributed by atoms with Crippen LogP contribution in [0, 0.1) is 13.8 Å². The Bertz CT molecular complexity index is 1580. The Morgan fingerprint density at radius 3 is 2.70 bits per heavy atom. The Labute approximate surface area is 217 Å². The van der Waals surface area contributed by atoms with Gasteiger partial charge in [-0.15, -0.1) is 11.3 Å². The third-order valence-electron chi connectivity index (χ3n) is 6.41. The standard InChI is InChI=1S/C27H24N6O3S/c1-16-5-6-19(31-27(34)21-14-29-15-36-21)17(2)23(16)25-30-20-12-22(18-4-3-7-28-13-18)37-24(20)26(32-25)33-8-10-35-11-9-33/h3-7,12-15H,8-11H2,1-2H3,(H,31,34). The predicted octanol–water partition coefficient (Wildman–Crippen LogP) is 5.11. The van der Waals surface area contributed by atoms with Crippen molar-refractivity contribution in [3.63, 3.8) is 0 Å². The first-order valence-electron chi connectivity index (χ1n) is 11.9. The fraction of sp³-hybridized carbons (Fsp3) is 0.222. The zero-order chi connectivity index (χ0) is 25.4.